The molecule has 0 atom stereocenters. The lowest BCUT2D eigenvalue weighted by molar-refractivity contribution is 0.575. The van der Waals surface area contributed by atoms with Crippen molar-refractivity contribution in [3.63, 3.8) is 0 Å². The van der Waals surface area contributed by atoms with Crippen LogP contribution in [0.15, 0.2) is 6.20 Å². The van der Waals surface area contributed by atoms with Gasteiger partial charge in [0, 0.05) is 17.8 Å². The lowest BCUT2D eigenvalue weighted by Gasteiger charge is -2.06. The van der Waals surface area contributed by atoms with Crippen LogP contribution < -0.4 is 10.0 Å². The highest BCUT2D eigenvalue weighted by atomic mass is 32.2. The molecule has 0 unspecified atom stereocenters. The highest BCUT2D eigenvalue weighted by molar-refractivity contribution is 7.89. The maximum absolute atomic E-state index is 11.6. The number of rotatable bonds is 8. The summed E-state index contributed by atoms with van der Waals surface area (Å²) < 4.78 is 25.8. The summed E-state index contributed by atoms with van der Waals surface area (Å²) >= 11 is 0. The lowest BCUT2D eigenvalue weighted by Crippen LogP contribution is -2.28. The van der Waals surface area contributed by atoms with Crippen LogP contribution in [0.2, 0.25) is 0 Å². The van der Waals surface area contributed by atoms with Crippen molar-refractivity contribution in [3.05, 3.63) is 17.5 Å². The Hall–Kier alpha value is -0.920. The summed E-state index contributed by atoms with van der Waals surface area (Å²) in [6, 6.07) is 0. The third-order valence-electron chi connectivity index (χ3n) is 2.43. The minimum absolute atomic E-state index is 0.150. The van der Waals surface area contributed by atoms with E-state index in [-0.39, 0.29) is 5.75 Å². The molecule has 0 radical (unpaired) electrons. The molecule has 0 aliphatic rings. The van der Waals surface area contributed by atoms with Gasteiger partial charge in [-0.3, -0.25) is 5.10 Å². The highest BCUT2D eigenvalue weighted by Crippen LogP contribution is 2.02. The van der Waals surface area contributed by atoms with Crippen molar-refractivity contribution in [1.29, 1.82) is 0 Å². The average Bonchev–Trinajstić information content (AvgIpc) is 2.68. The normalized spacial score (nSPS) is 11.9. The molecule has 0 bridgehead atoms. The predicted molar refractivity (Wildman–Crippen MR) is 67.1 cm³/mol. The molecule has 0 aliphatic heterocycles. The maximum atomic E-state index is 11.6. The first-order chi connectivity index (χ1) is 8.05. The van der Waals surface area contributed by atoms with E-state index in [1.165, 1.54) is 0 Å². The molecule has 6 nitrogen and oxygen atoms in total. The first-order valence-corrected chi connectivity index (χ1v) is 7.37. The molecule has 0 fully saturated rings. The van der Waals surface area contributed by atoms with Gasteiger partial charge in [0.2, 0.25) is 10.0 Å². The van der Waals surface area contributed by atoms with Gasteiger partial charge in [-0.2, -0.15) is 5.10 Å². The van der Waals surface area contributed by atoms with E-state index in [1.54, 1.807) is 6.20 Å². The van der Waals surface area contributed by atoms with Gasteiger partial charge in [0.05, 0.1) is 11.9 Å². The number of nitrogens with one attached hydrogen (secondary N) is 3. The first-order valence-electron chi connectivity index (χ1n) is 5.72. The zero-order chi connectivity index (χ0) is 12.7. The maximum Gasteiger partial charge on any atom is 0.211 e. The molecule has 0 spiro atoms. The Morgan fingerprint density at radius 2 is 2.24 bits per heavy atom. The molecule has 3 N–H and O–H groups in total. The second-order valence-corrected chi connectivity index (χ2v) is 5.79. The highest BCUT2D eigenvalue weighted by Gasteiger charge is 2.10. The number of nitrogens with zero attached hydrogens (tertiary/aromatic N) is 1. The van der Waals surface area contributed by atoms with Crippen LogP contribution in [0.4, 0.5) is 0 Å². The molecule has 0 aliphatic carbocycles. The van der Waals surface area contributed by atoms with Crippen LogP contribution in [0.3, 0.4) is 0 Å². The Labute approximate surface area is 102 Å². The Kier molecular flexibility index (Phi) is 5.60. The van der Waals surface area contributed by atoms with Crippen molar-refractivity contribution < 1.29 is 8.42 Å². The zero-order valence-electron chi connectivity index (χ0n) is 10.3. The summed E-state index contributed by atoms with van der Waals surface area (Å²) in [7, 11) is -3.19. The van der Waals surface area contributed by atoms with Gasteiger partial charge in [-0.05, 0) is 26.4 Å². The van der Waals surface area contributed by atoms with Crippen LogP contribution in [0, 0.1) is 6.92 Å². The predicted octanol–water partition coefficient (Wildman–Crippen LogP) is 0.137. The third-order valence-corrected chi connectivity index (χ3v) is 3.84. The summed E-state index contributed by atoms with van der Waals surface area (Å²) in [5.74, 6) is 0.150. The number of aromatic amines is 1. The quantitative estimate of drug-likeness (QED) is 0.580. The van der Waals surface area contributed by atoms with E-state index in [9.17, 15) is 8.42 Å². The Balaban J connectivity index is 2.32. The van der Waals surface area contributed by atoms with E-state index in [0.29, 0.717) is 13.0 Å². The second kappa shape index (κ2) is 6.73. The van der Waals surface area contributed by atoms with E-state index in [0.717, 1.165) is 24.3 Å². The van der Waals surface area contributed by atoms with Crippen molar-refractivity contribution in [2.45, 2.75) is 26.8 Å². The minimum atomic E-state index is -3.19. The van der Waals surface area contributed by atoms with Crippen molar-refractivity contribution >= 4 is 10.0 Å². The van der Waals surface area contributed by atoms with Gasteiger partial charge in [0.25, 0.3) is 0 Å². The Bertz CT molecular complexity index is 427. The van der Waals surface area contributed by atoms with Crippen LogP contribution in [-0.2, 0) is 16.6 Å². The molecule has 0 amide bonds. The van der Waals surface area contributed by atoms with Crippen molar-refractivity contribution in [3.8, 4) is 0 Å². The first kappa shape index (κ1) is 14.1. The van der Waals surface area contributed by atoms with E-state index in [1.807, 2.05) is 13.8 Å². The van der Waals surface area contributed by atoms with E-state index in [2.05, 4.69) is 20.2 Å². The molecule has 1 aromatic rings. The fourth-order valence-corrected chi connectivity index (χ4v) is 2.42. The lowest BCUT2D eigenvalue weighted by atomic mass is 10.3. The number of hydrogen-bond donors (Lipinski definition) is 3. The molecular formula is C10H20N4O2S. The standard InChI is InChI=1S/C10H20N4O2S/c1-3-11-5-4-6-17(15,16)13-8-10-7-12-14-9(10)2/h7,11,13H,3-6,8H2,1-2H3,(H,12,14). The molecule has 0 saturated carbocycles. The molecule has 7 heteroatoms. The van der Waals surface area contributed by atoms with Gasteiger partial charge in [-0.15, -0.1) is 0 Å². The zero-order valence-corrected chi connectivity index (χ0v) is 11.1. The van der Waals surface area contributed by atoms with Gasteiger partial charge in [-0.25, -0.2) is 13.1 Å². The Morgan fingerprint density at radius 3 is 2.82 bits per heavy atom. The van der Waals surface area contributed by atoms with E-state index >= 15 is 0 Å². The van der Waals surface area contributed by atoms with Crippen molar-refractivity contribution in [2.75, 3.05) is 18.8 Å². The third kappa shape index (κ3) is 5.29. The molecular weight excluding hydrogens is 240 g/mol. The summed E-state index contributed by atoms with van der Waals surface area (Å²) in [4.78, 5) is 0. The monoisotopic (exact) mass is 260 g/mol. The number of aromatic nitrogens is 2. The van der Waals surface area contributed by atoms with Crippen LogP contribution in [0.25, 0.3) is 0 Å². The van der Waals surface area contributed by atoms with Gasteiger partial charge < -0.3 is 5.32 Å². The van der Waals surface area contributed by atoms with Crippen LogP contribution in [-0.4, -0.2) is 37.5 Å². The summed E-state index contributed by atoms with van der Waals surface area (Å²) in [6.45, 7) is 5.74. The van der Waals surface area contributed by atoms with E-state index in [4.69, 9.17) is 0 Å². The van der Waals surface area contributed by atoms with Gasteiger partial charge in [0.1, 0.15) is 0 Å². The summed E-state index contributed by atoms with van der Waals surface area (Å²) in [5.41, 5.74) is 1.76. The Morgan fingerprint density at radius 1 is 1.47 bits per heavy atom. The topological polar surface area (TPSA) is 86.9 Å². The van der Waals surface area contributed by atoms with Gasteiger partial charge >= 0.3 is 0 Å². The molecule has 98 valence electrons. The van der Waals surface area contributed by atoms with Crippen molar-refractivity contribution in [1.82, 2.24) is 20.2 Å². The summed E-state index contributed by atoms with van der Waals surface area (Å²) in [5, 5.41) is 9.70. The van der Waals surface area contributed by atoms with Crippen LogP contribution in [0.1, 0.15) is 24.6 Å². The molecule has 1 heterocycles. The van der Waals surface area contributed by atoms with E-state index < -0.39 is 10.0 Å². The largest absolute Gasteiger partial charge is 0.317 e. The molecule has 0 aromatic carbocycles. The van der Waals surface area contributed by atoms with Crippen LogP contribution in [0.5, 0.6) is 0 Å². The smallest absolute Gasteiger partial charge is 0.211 e. The van der Waals surface area contributed by atoms with Gasteiger partial charge in [0.15, 0.2) is 0 Å². The molecule has 0 saturated heterocycles. The van der Waals surface area contributed by atoms with Crippen molar-refractivity contribution in [2.24, 2.45) is 0 Å². The number of H-pyrrole nitrogens is 1. The minimum Gasteiger partial charge on any atom is -0.317 e. The fraction of sp³-hybridized carbons (Fsp3) is 0.700. The molecule has 1 rings (SSSR count). The SMILES string of the molecule is CCNCCCS(=O)(=O)NCc1cn[nH]c1C. The van der Waals surface area contributed by atoms with Crippen LogP contribution >= 0.6 is 0 Å². The second-order valence-electron chi connectivity index (χ2n) is 3.87. The number of hydrogen-bond acceptors (Lipinski definition) is 4. The number of sulfonamides is 1. The number of aryl methyl sites for hydroxylation is 1. The summed E-state index contributed by atoms with van der Waals surface area (Å²) in [6.07, 6.45) is 2.25. The molecule has 1 aromatic heterocycles. The van der Waals surface area contributed by atoms with Gasteiger partial charge in [-0.1, -0.05) is 6.92 Å². The average molecular weight is 260 g/mol. The fourth-order valence-electron chi connectivity index (χ4n) is 1.38. The molecule has 17 heavy (non-hydrogen) atoms.